The molecule has 1 aromatic rings. The molecule has 0 aliphatic heterocycles. The van der Waals surface area contributed by atoms with Crippen LogP contribution >= 0.6 is 0 Å². The van der Waals surface area contributed by atoms with Gasteiger partial charge in [0.05, 0.1) is 0 Å². The molecule has 0 N–H and O–H groups in total. The van der Waals surface area contributed by atoms with Crippen molar-refractivity contribution in [2.75, 3.05) is 0 Å². The van der Waals surface area contributed by atoms with Crippen molar-refractivity contribution >= 4 is 0 Å². The summed E-state index contributed by atoms with van der Waals surface area (Å²) in [6.45, 7) is 12.0. The van der Waals surface area contributed by atoms with Crippen LogP contribution in [0.15, 0.2) is 6.20 Å². The van der Waals surface area contributed by atoms with E-state index in [1.807, 2.05) is 6.20 Å². The highest BCUT2D eigenvalue weighted by atomic mass is 15.1. The Labute approximate surface area is 81.0 Å². The number of imidazole rings is 1. The average Bonchev–Trinajstić information content (AvgIpc) is 2.46. The Balaban J connectivity index is 3.10. The first-order valence-electron chi connectivity index (χ1n) is 5.13. The van der Waals surface area contributed by atoms with Crippen molar-refractivity contribution in [2.45, 2.75) is 53.0 Å². The monoisotopic (exact) mass is 180 g/mol. The minimum absolute atomic E-state index is 0.521. The fourth-order valence-electron chi connectivity index (χ4n) is 1.67. The highest BCUT2D eigenvalue weighted by Crippen LogP contribution is 2.20. The third kappa shape index (κ3) is 1.93. The number of rotatable bonds is 3. The minimum atomic E-state index is 0.521. The van der Waals surface area contributed by atoms with E-state index < -0.39 is 0 Å². The van der Waals surface area contributed by atoms with Gasteiger partial charge in [0.25, 0.3) is 0 Å². The maximum atomic E-state index is 4.47. The highest BCUT2D eigenvalue weighted by molar-refractivity contribution is 5.11. The summed E-state index contributed by atoms with van der Waals surface area (Å²) in [6.07, 6.45) is 2.02. The van der Waals surface area contributed by atoms with Crippen molar-refractivity contribution in [3.8, 4) is 0 Å². The van der Waals surface area contributed by atoms with E-state index in [0.717, 1.165) is 6.54 Å². The molecule has 1 heterocycles. The zero-order chi connectivity index (χ0) is 10.0. The van der Waals surface area contributed by atoms with Crippen molar-refractivity contribution in [2.24, 2.45) is 0 Å². The Hall–Kier alpha value is -0.790. The first-order chi connectivity index (χ1) is 6.07. The molecule has 0 unspecified atom stereocenters. The molecule has 0 radical (unpaired) electrons. The van der Waals surface area contributed by atoms with Crippen LogP contribution in [0.1, 0.15) is 58.0 Å². The van der Waals surface area contributed by atoms with Gasteiger partial charge in [-0.1, -0.05) is 27.7 Å². The molecule has 0 aromatic carbocycles. The summed E-state index contributed by atoms with van der Waals surface area (Å²) < 4.78 is 2.33. The van der Waals surface area contributed by atoms with E-state index >= 15 is 0 Å². The zero-order valence-electron chi connectivity index (χ0n) is 9.33. The molecule has 0 fully saturated rings. The fraction of sp³-hybridized carbons (Fsp3) is 0.727. The Bertz CT molecular complexity index is 246. The molecule has 0 aliphatic rings. The summed E-state index contributed by atoms with van der Waals surface area (Å²) in [5, 5.41) is 0. The van der Waals surface area contributed by atoms with Gasteiger partial charge in [0.15, 0.2) is 0 Å². The van der Waals surface area contributed by atoms with E-state index in [0.29, 0.717) is 11.8 Å². The van der Waals surface area contributed by atoms with Crippen molar-refractivity contribution in [1.82, 2.24) is 9.55 Å². The summed E-state index contributed by atoms with van der Waals surface area (Å²) in [5.41, 5.74) is 1.35. The molecule has 74 valence electrons. The fourth-order valence-corrected chi connectivity index (χ4v) is 1.67. The third-order valence-electron chi connectivity index (χ3n) is 2.34. The Morgan fingerprint density at radius 1 is 1.23 bits per heavy atom. The van der Waals surface area contributed by atoms with Gasteiger partial charge in [-0.15, -0.1) is 0 Å². The lowest BCUT2D eigenvalue weighted by Crippen LogP contribution is -2.07. The molecule has 1 aromatic heterocycles. The quantitative estimate of drug-likeness (QED) is 0.698. The van der Waals surface area contributed by atoms with Gasteiger partial charge in [-0.25, -0.2) is 4.98 Å². The number of hydrogen-bond donors (Lipinski definition) is 0. The molecule has 1 rings (SSSR count). The molecule has 0 saturated carbocycles. The lowest BCUT2D eigenvalue weighted by Gasteiger charge is -2.13. The summed E-state index contributed by atoms with van der Waals surface area (Å²) in [4.78, 5) is 4.47. The van der Waals surface area contributed by atoms with Crippen LogP contribution in [-0.2, 0) is 6.54 Å². The average molecular weight is 180 g/mol. The highest BCUT2D eigenvalue weighted by Gasteiger charge is 2.13. The Morgan fingerprint density at radius 3 is 2.23 bits per heavy atom. The molecule has 2 heteroatoms. The molecule has 0 aliphatic carbocycles. The molecule has 0 amide bonds. The Kier molecular flexibility index (Phi) is 3.12. The summed E-state index contributed by atoms with van der Waals surface area (Å²) >= 11 is 0. The predicted molar refractivity (Wildman–Crippen MR) is 56.1 cm³/mol. The topological polar surface area (TPSA) is 17.8 Å². The summed E-state index contributed by atoms with van der Waals surface area (Å²) in [5.74, 6) is 2.30. The molecule has 0 bridgehead atoms. The number of hydrogen-bond acceptors (Lipinski definition) is 1. The van der Waals surface area contributed by atoms with Crippen LogP contribution in [0.2, 0.25) is 0 Å². The van der Waals surface area contributed by atoms with E-state index in [1.54, 1.807) is 0 Å². The molecule has 0 spiro atoms. The van der Waals surface area contributed by atoms with Crippen LogP contribution in [0, 0.1) is 0 Å². The SMILES string of the molecule is CCn1c(C(C)C)cnc1C(C)C. The number of nitrogens with zero attached hydrogens (tertiary/aromatic N) is 2. The third-order valence-corrected chi connectivity index (χ3v) is 2.34. The van der Waals surface area contributed by atoms with Crippen LogP contribution in [0.4, 0.5) is 0 Å². The molecule has 0 saturated heterocycles. The second-order valence-corrected chi connectivity index (χ2v) is 4.09. The zero-order valence-corrected chi connectivity index (χ0v) is 9.33. The van der Waals surface area contributed by atoms with Crippen LogP contribution < -0.4 is 0 Å². The van der Waals surface area contributed by atoms with Crippen LogP contribution in [0.5, 0.6) is 0 Å². The Morgan fingerprint density at radius 2 is 1.85 bits per heavy atom. The smallest absolute Gasteiger partial charge is 0.111 e. The molecule has 2 nitrogen and oxygen atoms in total. The van der Waals surface area contributed by atoms with Crippen LogP contribution in [-0.4, -0.2) is 9.55 Å². The van der Waals surface area contributed by atoms with E-state index in [1.165, 1.54) is 11.5 Å². The van der Waals surface area contributed by atoms with E-state index in [4.69, 9.17) is 0 Å². The largest absolute Gasteiger partial charge is 0.332 e. The van der Waals surface area contributed by atoms with E-state index in [2.05, 4.69) is 44.2 Å². The molecular weight excluding hydrogens is 160 g/mol. The van der Waals surface area contributed by atoms with Crippen molar-refractivity contribution in [1.29, 1.82) is 0 Å². The predicted octanol–water partition coefficient (Wildman–Crippen LogP) is 3.15. The molecule has 0 atom stereocenters. The van der Waals surface area contributed by atoms with Gasteiger partial charge in [-0.05, 0) is 12.8 Å². The van der Waals surface area contributed by atoms with Gasteiger partial charge in [0.2, 0.25) is 0 Å². The van der Waals surface area contributed by atoms with Gasteiger partial charge >= 0.3 is 0 Å². The van der Waals surface area contributed by atoms with Gasteiger partial charge < -0.3 is 4.57 Å². The number of aromatic nitrogens is 2. The first kappa shape index (κ1) is 10.3. The summed E-state index contributed by atoms with van der Waals surface area (Å²) in [6, 6.07) is 0. The van der Waals surface area contributed by atoms with Gasteiger partial charge in [0.1, 0.15) is 5.82 Å². The standard InChI is InChI=1S/C11H20N2/c1-6-13-10(8(2)3)7-12-11(13)9(4)5/h7-9H,6H2,1-5H3. The lowest BCUT2D eigenvalue weighted by atomic mass is 10.1. The van der Waals surface area contributed by atoms with Crippen molar-refractivity contribution in [3.05, 3.63) is 17.7 Å². The first-order valence-corrected chi connectivity index (χ1v) is 5.13. The summed E-state index contributed by atoms with van der Waals surface area (Å²) in [7, 11) is 0. The van der Waals surface area contributed by atoms with Crippen LogP contribution in [0.3, 0.4) is 0 Å². The second kappa shape index (κ2) is 3.95. The minimum Gasteiger partial charge on any atom is -0.332 e. The van der Waals surface area contributed by atoms with E-state index in [-0.39, 0.29) is 0 Å². The normalized spacial score (nSPS) is 11.6. The molecular formula is C11H20N2. The van der Waals surface area contributed by atoms with E-state index in [9.17, 15) is 0 Å². The van der Waals surface area contributed by atoms with Gasteiger partial charge in [-0.2, -0.15) is 0 Å². The maximum Gasteiger partial charge on any atom is 0.111 e. The maximum absolute atomic E-state index is 4.47. The van der Waals surface area contributed by atoms with Crippen molar-refractivity contribution in [3.63, 3.8) is 0 Å². The van der Waals surface area contributed by atoms with Gasteiger partial charge in [0, 0.05) is 24.4 Å². The van der Waals surface area contributed by atoms with Crippen molar-refractivity contribution < 1.29 is 0 Å². The lowest BCUT2D eigenvalue weighted by molar-refractivity contribution is 0.609. The van der Waals surface area contributed by atoms with Gasteiger partial charge in [-0.3, -0.25) is 0 Å². The second-order valence-electron chi connectivity index (χ2n) is 4.09. The molecule has 13 heavy (non-hydrogen) atoms. The van der Waals surface area contributed by atoms with Crippen LogP contribution in [0.25, 0.3) is 0 Å².